The standard InChI is InChI=1S/C27H33Cl2N5O6S/c1-27(2,3)40-26(35)34-14-17(10-18(34)13-31-41(6,36)37)32-25-30-12-16-9-15(7-8-19(16)33-25)22-23(28)20(38-4)11-21(39-5)24(22)29/h7-9,11-12,17-18,31H,10,13-14H2,1-6H3,(H,30,32,33)/t17-,18-/m0/s1. The average Bonchev–Trinajstić information content (AvgIpc) is 3.29. The van der Waals surface area contributed by atoms with Gasteiger partial charge in [0.1, 0.15) is 17.1 Å². The summed E-state index contributed by atoms with van der Waals surface area (Å²) in [5.74, 6) is 1.23. The van der Waals surface area contributed by atoms with Crippen molar-refractivity contribution in [3.05, 3.63) is 40.5 Å². The maximum Gasteiger partial charge on any atom is 0.410 e. The van der Waals surface area contributed by atoms with E-state index < -0.39 is 27.8 Å². The largest absolute Gasteiger partial charge is 0.495 e. The minimum absolute atomic E-state index is 0.0672. The normalized spacial score (nSPS) is 17.5. The van der Waals surface area contributed by atoms with Crippen molar-refractivity contribution in [2.45, 2.75) is 44.9 Å². The second kappa shape index (κ2) is 12.0. The molecule has 0 radical (unpaired) electrons. The third kappa shape index (κ3) is 7.42. The monoisotopic (exact) mass is 625 g/mol. The van der Waals surface area contributed by atoms with Gasteiger partial charge in [0.05, 0.1) is 42.1 Å². The number of sulfonamides is 1. The summed E-state index contributed by atoms with van der Waals surface area (Å²) in [6.45, 7) is 5.70. The van der Waals surface area contributed by atoms with E-state index in [1.54, 1.807) is 33.0 Å². The Labute approximate surface area is 249 Å². The molecule has 1 fully saturated rings. The lowest BCUT2D eigenvalue weighted by atomic mass is 10.0. The second-order valence-corrected chi connectivity index (χ2v) is 13.3. The topological polar surface area (TPSA) is 132 Å². The molecule has 11 nitrogen and oxygen atoms in total. The van der Waals surface area contributed by atoms with E-state index in [0.717, 1.165) is 17.2 Å². The van der Waals surface area contributed by atoms with Crippen molar-refractivity contribution in [1.82, 2.24) is 19.6 Å². The summed E-state index contributed by atoms with van der Waals surface area (Å²) in [7, 11) is -0.405. The maximum atomic E-state index is 12.9. The van der Waals surface area contributed by atoms with Crippen LogP contribution in [0, 0.1) is 0 Å². The fourth-order valence-corrected chi connectivity index (χ4v) is 5.80. The Balaban J connectivity index is 1.57. The molecule has 1 aliphatic rings. The SMILES string of the molecule is COc1cc(OC)c(Cl)c(-c2ccc3nc(N[C@H]4C[C@@H](CNS(C)(=O)=O)N(C(=O)OC(C)(C)C)C4)ncc3c2)c1Cl. The summed E-state index contributed by atoms with van der Waals surface area (Å²) >= 11 is 13.2. The molecular formula is C27H33Cl2N5O6S. The van der Waals surface area contributed by atoms with Crippen LogP contribution in [0.15, 0.2) is 30.5 Å². The number of aromatic nitrogens is 2. The molecule has 3 aromatic rings. The van der Waals surface area contributed by atoms with Gasteiger partial charge < -0.3 is 24.4 Å². The average molecular weight is 627 g/mol. The molecule has 1 aromatic heterocycles. The first-order chi connectivity index (χ1) is 19.2. The minimum atomic E-state index is -3.44. The molecule has 0 aliphatic carbocycles. The number of fused-ring (bicyclic) bond motifs is 1. The Morgan fingerprint density at radius 2 is 1.78 bits per heavy atom. The van der Waals surface area contributed by atoms with Gasteiger partial charge in [0.2, 0.25) is 16.0 Å². The number of amides is 1. The molecule has 1 saturated heterocycles. The Morgan fingerprint density at radius 3 is 2.37 bits per heavy atom. The number of carbonyl (C=O) groups excluding carboxylic acids is 1. The van der Waals surface area contributed by atoms with Gasteiger partial charge in [0.25, 0.3) is 0 Å². The quantitative estimate of drug-likeness (QED) is 0.356. The molecule has 0 bridgehead atoms. The minimum Gasteiger partial charge on any atom is -0.495 e. The number of likely N-dealkylation sites (tertiary alicyclic amines) is 1. The van der Waals surface area contributed by atoms with E-state index in [9.17, 15) is 13.2 Å². The molecule has 222 valence electrons. The summed E-state index contributed by atoms with van der Waals surface area (Å²) < 4.78 is 42.2. The van der Waals surface area contributed by atoms with Crippen molar-refractivity contribution in [1.29, 1.82) is 0 Å². The number of hydrogen-bond donors (Lipinski definition) is 2. The van der Waals surface area contributed by atoms with Gasteiger partial charge in [-0.3, -0.25) is 0 Å². The molecule has 41 heavy (non-hydrogen) atoms. The van der Waals surface area contributed by atoms with Crippen LogP contribution in [-0.4, -0.2) is 80.6 Å². The highest BCUT2D eigenvalue weighted by Crippen LogP contribution is 2.46. The Bertz CT molecular complexity index is 1540. The number of halogens is 2. The third-order valence-electron chi connectivity index (χ3n) is 6.40. The highest BCUT2D eigenvalue weighted by atomic mass is 35.5. The number of benzene rings is 2. The molecule has 0 unspecified atom stereocenters. The summed E-state index contributed by atoms with van der Waals surface area (Å²) in [6, 6.07) is 6.54. The van der Waals surface area contributed by atoms with E-state index in [0.29, 0.717) is 51.5 Å². The molecule has 14 heteroatoms. The number of ether oxygens (including phenoxy) is 3. The molecule has 1 amide bonds. The van der Waals surface area contributed by atoms with Crippen molar-refractivity contribution in [3.8, 4) is 22.6 Å². The van der Waals surface area contributed by atoms with E-state index in [2.05, 4.69) is 20.0 Å². The lowest BCUT2D eigenvalue weighted by Crippen LogP contribution is -2.45. The van der Waals surface area contributed by atoms with Crippen molar-refractivity contribution >= 4 is 56.2 Å². The van der Waals surface area contributed by atoms with Gasteiger partial charge >= 0.3 is 6.09 Å². The van der Waals surface area contributed by atoms with Gasteiger partial charge in [-0.2, -0.15) is 0 Å². The van der Waals surface area contributed by atoms with E-state index in [1.165, 1.54) is 19.1 Å². The zero-order valence-corrected chi connectivity index (χ0v) is 25.9. The lowest BCUT2D eigenvalue weighted by Gasteiger charge is -2.28. The Hall–Kier alpha value is -3.06. The van der Waals surface area contributed by atoms with E-state index >= 15 is 0 Å². The molecule has 4 rings (SSSR count). The lowest BCUT2D eigenvalue weighted by molar-refractivity contribution is 0.0228. The number of methoxy groups -OCH3 is 2. The van der Waals surface area contributed by atoms with Crippen LogP contribution in [-0.2, 0) is 14.8 Å². The van der Waals surface area contributed by atoms with Crippen LogP contribution in [0.2, 0.25) is 10.0 Å². The van der Waals surface area contributed by atoms with Crippen LogP contribution in [0.3, 0.4) is 0 Å². The molecule has 0 saturated carbocycles. The smallest absolute Gasteiger partial charge is 0.410 e. The van der Waals surface area contributed by atoms with Crippen LogP contribution < -0.4 is 19.5 Å². The zero-order chi connectivity index (χ0) is 30.1. The predicted molar refractivity (Wildman–Crippen MR) is 160 cm³/mol. The molecule has 0 spiro atoms. The van der Waals surface area contributed by atoms with Crippen LogP contribution in [0.25, 0.3) is 22.0 Å². The first-order valence-electron chi connectivity index (χ1n) is 12.8. The molecular weight excluding hydrogens is 593 g/mol. The number of nitrogens with zero attached hydrogens (tertiary/aromatic N) is 3. The van der Waals surface area contributed by atoms with Crippen LogP contribution in [0.5, 0.6) is 11.5 Å². The van der Waals surface area contributed by atoms with E-state index in [1.807, 2.05) is 18.2 Å². The fraction of sp³-hybridized carbons (Fsp3) is 0.444. The van der Waals surface area contributed by atoms with Crippen molar-refractivity contribution < 1.29 is 27.4 Å². The Kier molecular flexibility index (Phi) is 9.07. The second-order valence-electron chi connectivity index (χ2n) is 10.7. The van der Waals surface area contributed by atoms with E-state index in [4.69, 9.17) is 37.4 Å². The molecule has 2 N–H and O–H groups in total. The van der Waals surface area contributed by atoms with Crippen LogP contribution in [0.4, 0.5) is 10.7 Å². The summed E-state index contributed by atoms with van der Waals surface area (Å²) in [6.07, 6.45) is 2.71. The van der Waals surface area contributed by atoms with Crippen LogP contribution in [0.1, 0.15) is 27.2 Å². The maximum absolute atomic E-state index is 12.9. The summed E-state index contributed by atoms with van der Waals surface area (Å²) in [5.41, 5.74) is 1.28. The fourth-order valence-electron chi connectivity index (χ4n) is 4.59. The summed E-state index contributed by atoms with van der Waals surface area (Å²) in [5, 5.41) is 4.74. The number of hydrogen-bond acceptors (Lipinski definition) is 9. The first kappa shape index (κ1) is 30.9. The molecule has 1 aliphatic heterocycles. The molecule has 2 aromatic carbocycles. The van der Waals surface area contributed by atoms with Gasteiger partial charge in [0.15, 0.2) is 0 Å². The molecule has 2 heterocycles. The Morgan fingerprint density at radius 1 is 1.12 bits per heavy atom. The van der Waals surface area contributed by atoms with Crippen LogP contribution >= 0.6 is 23.2 Å². The zero-order valence-electron chi connectivity index (χ0n) is 23.6. The van der Waals surface area contributed by atoms with Gasteiger partial charge in [-0.05, 0) is 44.9 Å². The third-order valence-corrected chi connectivity index (χ3v) is 7.84. The predicted octanol–water partition coefficient (Wildman–Crippen LogP) is 4.96. The van der Waals surface area contributed by atoms with Crippen molar-refractivity contribution in [3.63, 3.8) is 0 Å². The van der Waals surface area contributed by atoms with Gasteiger partial charge in [-0.1, -0.05) is 29.3 Å². The van der Waals surface area contributed by atoms with Gasteiger partial charge in [-0.25, -0.2) is 27.9 Å². The van der Waals surface area contributed by atoms with Gasteiger partial charge in [-0.15, -0.1) is 0 Å². The number of rotatable bonds is 8. The van der Waals surface area contributed by atoms with E-state index in [-0.39, 0.29) is 12.6 Å². The van der Waals surface area contributed by atoms with Crippen molar-refractivity contribution in [2.75, 3.05) is 38.9 Å². The number of nitrogens with one attached hydrogen (secondary N) is 2. The highest BCUT2D eigenvalue weighted by molar-refractivity contribution is 7.88. The highest BCUT2D eigenvalue weighted by Gasteiger charge is 2.38. The number of carbonyl (C=O) groups is 1. The summed E-state index contributed by atoms with van der Waals surface area (Å²) in [4.78, 5) is 23.5. The first-order valence-corrected chi connectivity index (χ1v) is 15.4. The van der Waals surface area contributed by atoms with Gasteiger partial charge in [0, 0.05) is 42.3 Å². The van der Waals surface area contributed by atoms with Crippen molar-refractivity contribution in [2.24, 2.45) is 0 Å². The number of anilines is 1. The molecule has 2 atom stereocenters.